The standard InChI is InChI=1S/C19H33N5O5S2/c20-11(18(28)31-9-12(21)17(26)27)5-3-4-8-22-15(25)7-2-1-6-14-16-13(10-30-14)23-19(29)24-16/h11-14,16H,1-10,20-21H2,(H,22,25)(H,26,27)(H2,23,24,29)/t11-,12-,13-,14-,16-/m0/s1. The number of carbonyl (C=O) groups is 4. The Hall–Kier alpha value is -1.50. The minimum absolute atomic E-state index is 0.00409. The average Bonchev–Trinajstić information content (AvgIpc) is 3.27. The van der Waals surface area contributed by atoms with E-state index in [0.717, 1.165) is 43.2 Å². The molecule has 31 heavy (non-hydrogen) atoms. The molecular weight excluding hydrogens is 442 g/mol. The zero-order valence-corrected chi connectivity index (χ0v) is 19.1. The predicted octanol–water partition coefficient (Wildman–Crippen LogP) is -0.00230. The van der Waals surface area contributed by atoms with E-state index < -0.39 is 18.1 Å². The summed E-state index contributed by atoms with van der Waals surface area (Å²) in [6.45, 7) is 0.538. The van der Waals surface area contributed by atoms with Gasteiger partial charge in [0.2, 0.25) is 11.0 Å². The second-order valence-corrected chi connectivity index (χ2v) is 10.2. The number of nitrogens with one attached hydrogen (secondary N) is 3. The van der Waals surface area contributed by atoms with Gasteiger partial charge in [-0.1, -0.05) is 18.2 Å². The van der Waals surface area contributed by atoms with Gasteiger partial charge in [0.15, 0.2) is 0 Å². The minimum Gasteiger partial charge on any atom is -0.480 e. The Morgan fingerprint density at radius 1 is 1.16 bits per heavy atom. The monoisotopic (exact) mass is 475 g/mol. The van der Waals surface area contributed by atoms with E-state index in [-0.39, 0.29) is 34.9 Å². The van der Waals surface area contributed by atoms with Crippen molar-refractivity contribution in [3.63, 3.8) is 0 Å². The largest absolute Gasteiger partial charge is 0.480 e. The number of carboxylic acids is 1. The SMILES string of the molecule is N[C@@H](CSC(=O)[C@@H](N)CCCCNC(=O)CCCC[C@@H]1SC[C@@H]2NC(=O)N[C@@H]21)C(=O)O. The fourth-order valence-electron chi connectivity index (χ4n) is 3.55. The van der Waals surface area contributed by atoms with Crippen molar-refractivity contribution in [1.29, 1.82) is 0 Å². The van der Waals surface area contributed by atoms with Crippen molar-refractivity contribution in [2.45, 2.75) is 74.4 Å². The van der Waals surface area contributed by atoms with Crippen molar-refractivity contribution in [3.8, 4) is 0 Å². The second kappa shape index (κ2) is 13.1. The predicted molar refractivity (Wildman–Crippen MR) is 122 cm³/mol. The number of unbranched alkanes of at least 4 members (excludes halogenated alkanes) is 2. The van der Waals surface area contributed by atoms with Crippen molar-refractivity contribution >= 4 is 46.5 Å². The van der Waals surface area contributed by atoms with E-state index in [9.17, 15) is 19.2 Å². The van der Waals surface area contributed by atoms with Gasteiger partial charge in [-0.15, -0.1) is 0 Å². The lowest BCUT2D eigenvalue weighted by atomic mass is 10.0. The molecule has 10 nitrogen and oxygen atoms in total. The van der Waals surface area contributed by atoms with Crippen molar-refractivity contribution in [2.24, 2.45) is 11.5 Å². The normalized spacial score (nSPS) is 24.1. The average molecular weight is 476 g/mol. The number of hydrogen-bond acceptors (Lipinski definition) is 8. The molecule has 2 aliphatic heterocycles. The first kappa shape index (κ1) is 25.8. The Labute approximate surface area is 190 Å². The van der Waals surface area contributed by atoms with Crippen LogP contribution < -0.4 is 27.4 Å². The van der Waals surface area contributed by atoms with Gasteiger partial charge in [-0.3, -0.25) is 14.4 Å². The van der Waals surface area contributed by atoms with Gasteiger partial charge in [0.05, 0.1) is 18.1 Å². The molecule has 0 saturated carbocycles. The van der Waals surface area contributed by atoms with Crippen LogP contribution in [0.15, 0.2) is 0 Å². The quantitative estimate of drug-likeness (QED) is 0.149. The molecule has 2 fully saturated rings. The van der Waals surface area contributed by atoms with Gasteiger partial charge in [0.25, 0.3) is 0 Å². The van der Waals surface area contributed by atoms with Gasteiger partial charge >= 0.3 is 12.0 Å². The van der Waals surface area contributed by atoms with Gasteiger partial charge in [-0.2, -0.15) is 11.8 Å². The number of hydrogen-bond donors (Lipinski definition) is 6. The Balaban J connectivity index is 1.45. The van der Waals surface area contributed by atoms with Crippen LogP contribution in [0.1, 0.15) is 44.9 Å². The molecule has 0 radical (unpaired) electrons. The Morgan fingerprint density at radius 3 is 2.68 bits per heavy atom. The molecule has 2 saturated heterocycles. The molecule has 0 aromatic carbocycles. The van der Waals surface area contributed by atoms with Gasteiger partial charge in [-0.05, 0) is 32.1 Å². The molecule has 2 heterocycles. The molecular formula is C19H33N5O5S2. The van der Waals surface area contributed by atoms with E-state index in [1.54, 1.807) is 0 Å². The van der Waals surface area contributed by atoms with E-state index in [1.165, 1.54) is 0 Å². The topological polar surface area (TPSA) is 177 Å². The number of carboxylic acid groups (broad SMARTS) is 1. The van der Waals surface area contributed by atoms with E-state index in [0.29, 0.717) is 31.1 Å². The number of thioether (sulfide) groups is 2. The third-order valence-corrected chi connectivity index (χ3v) is 7.99. The number of aliphatic carboxylic acids is 1. The fraction of sp³-hybridized carbons (Fsp3) is 0.789. The van der Waals surface area contributed by atoms with Crippen LogP contribution in [0.25, 0.3) is 0 Å². The number of urea groups is 1. The Morgan fingerprint density at radius 2 is 1.94 bits per heavy atom. The number of rotatable bonds is 14. The van der Waals surface area contributed by atoms with E-state index in [4.69, 9.17) is 16.6 Å². The van der Waals surface area contributed by atoms with Crippen molar-refractivity contribution in [3.05, 3.63) is 0 Å². The van der Waals surface area contributed by atoms with Crippen LogP contribution >= 0.6 is 23.5 Å². The van der Waals surface area contributed by atoms with Gasteiger partial charge in [-0.25, -0.2) is 4.79 Å². The smallest absolute Gasteiger partial charge is 0.321 e. The van der Waals surface area contributed by atoms with Gasteiger partial charge in [0, 0.05) is 29.7 Å². The maximum Gasteiger partial charge on any atom is 0.321 e. The third-order valence-electron chi connectivity index (χ3n) is 5.37. The summed E-state index contributed by atoms with van der Waals surface area (Å²) in [7, 11) is 0. The van der Waals surface area contributed by atoms with E-state index in [1.807, 2.05) is 11.8 Å². The van der Waals surface area contributed by atoms with Crippen LogP contribution in [-0.2, 0) is 14.4 Å². The fourth-order valence-corrected chi connectivity index (χ4v) is 5.91. The van der Waals surface area contributed by atoms with Gasteiger partial charge < -0.3 is 32.5 Å². The highest BCUT2D eigenvalue weighted by molar-refractivity contribution is 8.13. The Kier molecular flexibility index (Phi) is 10.9. The summed E-state index contributed by atoms with van der Waals surface area (Å²) >= 11 is 2.73. The van der Waals surface area contributed by atoms with Crippen LogP contribution in [-0.4, -0.2) is 75.6 Å². The number of carbonyl (C=O) groups excluding carboxylic acids is 3. The maximum absolute atomic E-state index is 11.9. The third kappa shape index (κ3) is 8.87. The summed E-state index contributed by atoms with van der Waals surface area (Å²) in [4.78, 5) is 45.8. The van der Waals surface area contributed by atoms with Gasteiger partial charge in [0.1, 0.15) is 6.04 Å². The lowest BCUT2D eigenvalue weighted by molar-refractivity contribution is -0.137. The van der Waals surface area contributed by atoms with Crippen molar-refractivity contribution in [1.82, 2.24) is 16.0 Å². The molecule has 0 bridgehead atoms. The van der Waals surface area contributed by atoms with Crippen LogP contribution in [0.4, 0.5) is 4.79 Å². The minimum atomic E-state index is -1.14. The summed E-state index contributed by atoms with van der Waals surface area (Å²) in [5, 5.41) is 17.6. The molecule has 3 amide bonds. The molecule has 2 rings (SSSR count). The summed E-state index contributed by atoms with van der Waals surface area (Å²) in [5.41, 5.74) is 11.2. The van der Waals surface area contributed by atoms with Crippen LogP contribution in [0.2, 0.25) is 0 Å². The second-order valence-electron chi connectivity index (χ2n) is 7.89. The highest BCUT2D eigenvalue weighted by Crippen LogP contribution is 2.33. The number of amides is 3. The van der Waals surface area contributed by atoms with Crippen molar-refractivity contribution in [2.75, 3.05) is 18.1 Å². The summed E-state index contributed by atoms with van der Waals surface area (Å²) < 4.78 is 0. The molecule has 0 unspecified atom stereocenters. The van der Waals surface area contributed by atoms with E-state index >= 15 is 0 Å². The number of nitrogens with two attached hydrogens (primary N) is 2. The first-order chi connectivity index (χ1) is 14.8. The van der Waals surface area contributed by atoms with Crippen molar-refractivity contribution < 1.29 is 24.3 Å². The zero-order chi connectivity index (χ0) is 22.8. The molecule has 12 heteroatoms. The first-order valence-corrected chi connectivity index (χ1v) is 12.7. The molecule has 0 aliphatic carbocycles. The van der Waals surface area contributed by atoms with Crippen LogP contribution in [0.5, 0.6) is 0 Å². The summed E-state index contributed by atoms with van der Waals surface area (Å²) in [6.07, 6.45) is 5.13. The summed E-state index contributed by atoms with van der Waals surface area (Å²) in [5.74, 6) is -0.177. The molecule has 0 aromatic heterocycles. The molecule has 2 aliphatic rings. The summed E-state index contributed by atoms with van der Waals surface area (Å²) in [6, 6.07) is -1.38. The molecule has 0 spiro atoms. The highest BCUT2D eigenvalue weighted by Gasteiger charge is 2.42. The molecule has 176 valence electrons. The van der Waals surface area contributed by atoms with Crippen LogP contribution in [0.3, 0.4) is 0 Å². The zero-order valence-electron chi connectivity index (χ0n) is 17.5. The highest BCUT2D eigenvalue weighted by atomic mass is 32.2. The number of fused-ring (bicyclic) bond motifs is 1. The Bertz CT molecular complexity index is 653. The van der Waals surface area contributed by atoms with E-state index in [2.05, 4.69) is 16.0 Å². The lowest BCUT2D eigenvalue weighted by Crippen LogP contribution is -2.36. The van der Waals surface area contributed by atoms with Crippen LogP contribution in [0, 0.1) is 0 Å². The maximum atomic E-state index is 11.9. The molecule has 0 aromatic rings. The first-order valence-electron chi connectivity index (χ1n) is 10.6. The molecule has 5 atom stereocenters. The lowest BCUT2D eigenvalue weighted by Gasteiger charge is -2.16. The molecule has 8 N–H and O–H groups in total.